The smallest absolute Gasteiger partial charge is 0.195 e. The zero-order valence-corrected chi connectivity index (χ0v) is 9.08. The molecule has 0 heterocycles. The lowest BCUT2D eigenvalue weighted by molar-refractivity contribution is 0.543. The average molecular weight is 210 g/mol. The predicted molar refractivity (Wildman–Crippen MR) is 52.9 cm³/mol. The molecule has 2 nitrogen and oxygen atoms in total. The zero-order valence-electron chi connectivity index (χ0n) is 8.26. The summed E-state index contributed by atoms with van der Waals surface area (Å²) in [5, 5.41) is 0. The van der Waals surface area contributed by atoms with E-state index in [0.29, 0.717) is 6.42 Å². The van der Waals surface area contributed by atoms with Gasteiger partial charge in [0.15, 0.2) is 0 Å². The highest BCUT2D eigenvalue weighted by Crippen LogP contribution is 2.08. The Labute approximate surface area is 80.7 Å². The van der Waals surface area contributed by atoms with Crippen LogP contribution in [0.1, 0.15) is 51.9 Å². The summed E-state index contributed by atoms with van der Waals surface area (Å²) in [6.45, 7) is 2.15. The Morgan fingerprint density at radius 3 is 1.85 bits per heavy atom. The molecular weight excluding hydrogens is 191 g/mol. The molecule has 0 fully saturated rings. The molecule has 80 valence electrons. The van der Waals surface area contributed by atoms with Crippen molar-refractivity contribution in [2.45, 2.75) is 51.9 Å². The molecule has 0 aliphatic heterocycles. The largest absolute Gasteiger partial charge is 0.302 e. The van der Waals surface area contributed by atoms with Crippen molar-refractivity contribution < 1.29 is 12.3 Å². The van der Waals surface area contributed by atoms with Crippen LogP contribution >= 0.6 is 0 Å². The first-order chi connectivity index (χ1) is 6.06. The third-order valence-electron chi connectivity index (χ3n) is 1.99. The quantitative estimate of drug-likeness (QED) is 0.456. The maximum absolute atomic E-state index is 12.0. The van der Waals surface area contributed by atoms with Gasteiger partial charge in [-0.25, -0.2) is 0 Å². The second-order valence-electron chi connectivity index (χ2n) is 3.36. The fraction of sp³-hybridized carbons (Fsp3) is 1.00. The topological polar surface area (TPSA) is 34.1 Å². The standard InChI is InChI=1S/C9H19FO2S/c1-2-3-4-5-6-7-8-9-13(10,11)12/h2-9H2,1H3. The van der Waals surface area contributed by atoms with E-state index in [4.69, 9.17) is 0 Å². The highest BCUT2D eigenvalue weighted by molar-refractivity contribution is 7.86. The second kappa shape index (κ2) is 7.30. The first-order valence-electron chi connectivity index (χ1n) is 4.98. The van der Waals surface area contributed by atoms with Gasteiger partial charge in [0.2, 0.25) is 0 Å². The molecule has 0 N–H and O–H groups in total. The molecule has 0 saturated heterocycles. The minimum atomic E-state index is -4.22. The molecule has 0 radical (unpaired) electrons. The van der Waals surface area contributed by atoms with E-state index in [0.717, 1.165) is 19.3 Å². The number of unbranched alkanes of at least 4 members (excludes halogenated alkanes) is 6. The number of hydrogen-bond donors (Lipinski definition) is 0. The van der Waals surface area contributed by atoms with Crippen molar-refractivity contribution in [3.63, 3.8) is 0 Å². The van der Waals surface area contributed by atoms with Gasteiger partial charge in [0, 0.05) is 0 Å². The van der Waals surface area contributed by atoms with Gasteiger partial charge in [-0.1, -0.05) is 45.4 Å². The molecule has 0 aromatic carbocycles. The maximum Gasteiger partial charge on any atom is 0.302 e. The van der Waals surface area contributed by atoms with E-state index in [-0.39, 0.29) is 5.75 Å². The van der Waals surface area contributed by atoms with Gasteiger partial charge in [0.1, 0.15) is 0 Å². The van der Waals surface area contributed by atoms with E-state index >= 15 is 0 Å². The number of hydrogen-bond acceptors (Lipinski definition) is 2. The Bertz CT molecular complexity index is 200. The Kier molecular flexibility index (Phi) is 7.23. The predicted octanol–water partition coefficient (Wildman–Crippen LogP) is 3.04. The molecule has 0 aliphatic rings. The Morgan fingerprint density at radius 2 is 1.38 bits per heavy atom. The van der Waals surface area contributed by atoms with Crippen molar-refractivity contribution >= 4 is 10.2 Å². The van der Waals surface area contributed by atoms with E-state index in [2.05, 4.69) is 6.92 Å². The van der Waals surface area contributed by atoms with Crippen molar-refractivity contribution in [1.29, 1.82) is 0 Å². The van der Waals surface area contributed by atoms with Crippen LogP contribution < -0.4 is 0 Å². The lowest BCUT2D eigenvalue weighted by Gasteiger charge is -1.98. The van der Waals surface area contributed by atoms with Crippen molar-refractivity contribution in [3.8, 4) is 0 Å². The van der Waals surface area contributed by atoms with Gasteiger partial charge in [-0.15, -0.1) is 3.89 Å². The number of rotatable bonds is 8. The molecule has 0 aromatic rings. The first kappa shape index (κ1) is 12.9. The van der Waals surface area contributed by atoms with Crippen LogP contribution in [0.3, 0.4) is 0 Å². The van der Waals surface area contributed by atoms with Crippen LogP contribution in [0, 0.1) is 0 Å². The summed E-state index contributed by atoms with van der Waals surface area (Å²) in [6.07, 6.45) is 7.10. The van der Waals surface area contributed by atoms with Crippen LogP contribution in [-0.2, 0) is 10.2 Å². The van der Waals surface area contributed by atoms with E-state index in [1.807, 2.05) is 0 Å². The van der Waals surface area contributed by atoms with Gasteiger partial charge in [-0.2, -0.15) is 8.42 Å². The van der Waals surface area contributed by atoms with E-state index in [9.17, 15) is 12.3 Å². The monoisotopic (exact) mass is 210 g/mol. The average Bonchev–Trinajstić information content (AvgIpc) is 2.01. The SMILES string of the molecule is CCCCCCCCCS(=O)(=O)F. The first-order valence-corrected chi connectivity index (χ1v) is 6.54. The van der Waals surface area contributed by atoms with Crippen molar-refractivity contribution in [1.82, 2.24) is 0 Å². The summed E-state index contributed by atoms with van der Waals surface area (Å²) < 4.78 is 32.2. The van der Waals surface area contributed by atoms with Crippen LogP contribution in [0.15, 0.2) is 0 Å². The molecule has 0 rings (SSSR count). The maximum atomic E-state index is 12.0. The highest BCUT2D eigenvalue weighted by Gasteiger charge is 2.04. The number of halogens is 1. The summed E-state index contributed by atoms with van der Waals surface area (Å²) in [7, 11) is -4.22. The Balaban J connectivity index is 3.09. The van der Waals surface area contributed by atoms with Crippen molar-refractivity contribution in [2.24, 2.45) is 0 Å². The van der Waals surface area contributed by atoms with Crippen LogP contribution in [0.5, 0.6) is 0 Å². The molecule has 13 heavy (non-hydrogen) atoms. The Morgan fingerprint density at radius 1 is 0.923 bits per heavy atom. The summed E-state index contributed by atoms with van der Waals surface area (Å²) in [5.41, 5.74) is 0. The van der Waals surface area contributed by atoms with Crippen molar-refractivity contribution in [2.75, 3.05) is 5.75 Å². The lowest BCUT2D eigenvalue weighted by atomic mass is 10.1. The van der Waals surface area contributed by atoms with E-state index < -0.39 is 10.2 Å². The molecule has 0 saturated carbocycles. The molecular formula is C9H19FO2S. The van der Waals surface area contributed by atoms with Gasteiger partial charge in [0.05, 0.1) is 5.75 Å². The molecule has 0 spiro atoms. The van der Waals surface area contributed by atoms with E-state index in [1.54, 1.807) is 0 Å². The summed E-state index contributed by atoms with van der Waals surface area (Å²) in [4.78, 5) is 0. The van der Waals surface area contributed by atoms with Gasteiger partial charge in [0.25, 0.3) is 0 Å². The molecule has 0 aromatic heterocycles. The van der Waals surface area contributed by atoms with Gasteiger partial charge in [-0.05, 0) is 6.42 Å². The van der Waals surface area contributed by atoms with Crippen LogP contribution in [0.25, 0.3) is 0 Å². The summed E-state index contributed by atoms with van der Waals surface area (Å²) in [6, 6.07) is 0. The zero-order chi connectivity index (χ0) is 10.2. The minimum Gasteiger partial charge on any atom is -0.195 e. The normalized spacial score (nSPS) is 11.8. The van der Waals surface area contributed by atoms with Crippen LogP contribution in [0.4, 0.5) is 3.89 Å². The van der Waals surface area contributed by atoms with Crippen molar-refractivity contribution in [3.05, 3.63) is 0 Å². The fourth-order valence-corrected chi connectivity index (χ4v) is 1.78. The fourth-order valence-electron chi connectivity index (χ4n) is 1.23. The van der Waals surface area contributed by atoms with Gasteiger partial charge in [-0.3, -0.25) is 0 Å². The van der Waals surface area contributed by atoms with Crippen LogP contribution in [0.2, 0.25) is 0 Å². The summed E-state index contributed by atoms with van der Waals surface area (Å²) >= 11 is 0. The second-order valence-corrected chi connectivity index (χ2v) is 4.85. The molecule has 0 atom stereocenters. The molecule has 0 aliphatic carbocycles. The minimum absolute atomic E-state index is 0.305. The molecule has 0 amide bonds. The molecule has 0 unspecified atom stereocenters. The van der Waals surface area contributed by atoms with Gasteiger partial charge >= 0.3 is 10.2 Å². The molecule has 0 bridgehead atoms. The lowest BCUT2D eigenvalue weighted by Crippen LogP contribution is -1.97. The molecule has 4 heteroatoms. The Hall–Kier alpha value is -0.120. The van der Waals surface area contributed by atoms with Crippen LogP contribution in [-0.4, -0.2) is 14.2 Å². The highest BCUT2D eigenvalue weighted by atomic mass is 32.3. The third-order valence-corrected chi connectivity index (χ3v) is 2.77. The van der Waals surface area contributed by atoms with E-state index in [1.165, 1.54) is 19.3 Å². The summed E-state index contributed by atoms with van der Waals surface area (Å²) in [5.74, 6) is -0.305. The third kappa shape index (κ3) is 11.9. The van der Waals surface area contributed by atoms with Gasteiger partial charge < -0.3 is 0 Å².